The molecule has 0 aromatic heterocycles. The standard InChI is InChI=1S/C13H26N2O/c1-15-12-5-4-6-13(15)10-11(9-12)14-7-2-3-8-16/h11-14,16H,2-10H2,1H3. The summed E-state index contributed by atoms with van der Waals surface area (Å²) in [5.41, 5.74) is 0. The van der Waals surface area contributed by atoms with Crippen LogP contribution in [-0.2, 0) is 0 Å². The van der Waals surface area contributed by atoms with E-state index < -0.39 is 0 Å². The van der Waals surface area contributed by atoms with E-state index in [-0.39, 0.29) is 0 Å². The first-order valence-electron chi connectivity index (χ1n) is 6.87. The van der Waals surface area contributed by atoms with Gasteiger partial charge in [-0.2, -0.15) is 0 Å². The fraction of sp³-hybridized carbons (Fsp3) is 1.00. The second-order valence-corrected chi connectivity index (χ2v) is 5.46. The average molecular weight is 226 g/mol. The summed E-state index contributed by atoms with van der Waals surface area (Å²) in [6, 6.07) is 2.37. The van der Waals surface area contributed by atoms with Gasteiger partial charge in [-0.1, -0.05) is 6.42 Å². The number of rotatable bonds is 5. The number of aliphatic hydroxyl groups is 1. The maximum absolute atomic E-state index is 8.73. The van der Waals surface area contributed by atoms with Crippen molar-refractivity contribution in [1.29, 1.82) is 0 Å². The molecule has 2 atom stereocenters. The molecule has 2 saturated heterocycles. The van der Waals surface area contributed by atoms with E-state index in [2.05, 4.69) is 17.3 Å². The SMILES string of the molecule is CN1C2CCCC1CC(NCCCCO)C2. The first-order chi connectivity index (χ1) is 7.81. The molecule has 2 unspecified atom stereocenters. The van der Waals surface area contributed by atoms with Gasteiger partial charge < -0.3 is 15.3 Å². The molecule has 2 fully saturated rings. The van der Waals surface area contributed by atoms with Crippen LogP contribution in [0.2, 0.25) is 0 Å². The largest absolute Gasteiger partial charge is 0.396 e. The smallest absolute Gasteiger partial charge is 0.0431 e. The summed E-state index contributed by atoms with van der Waals surface area (Å²) >= 11 is 0. The van der Waals surface area contributed by atoms with Crippen LogP contribution in [0.3, 0.4) is 0 Å². The summed E-state index contributed by atoms with van der Waals surface area (Å²) in [4.78, 5) is 2.61. The summed E-state index contributed by atoms with van der Waals surface area (Å²) in [6.07, 6.45) is 8.91. The Morgan fingerprint density at radius 3 is 2.50 bits per heavy atom. The number of hydrogen-bond acceptors (Lipinski definition) is 3. The van der Waals surface area contributed by atoms with Crippen molar-refractivity contribution in [2.24, 2.45) is 0 Å². The van der Waals surface area contributed by atoms with Crippen molar-refractivity contribution in [3.8, 4) is 0 Å². The highest BCUT2D eigenvalue weighted by Gasteiger charge is 2.35. The minimum atomic E-state index is 0.334. The van der Waals surface area contributed by atoms with Crippen LogP contribution in [0.5, 0.6) is 0 Å². The molecule has 3 heteroatoms. The lowest BCUT2D eigenvalue weighted by Gasteiger charge is -2.47. The predicted octanol–water partition coefficient (Wildman–Crippen LogP) is 1.36. The Kier molecular flexibility index (Phi) is 4.62. The summed E-state index contributed by atoms with van der Waals surface area (Å²) in [7, 11) is 2.30. The van der Waals surface area contributed by atoms with Crippen LogP contribution in [0.4, 0.5) is 0 Å². The van der Waals surface area contributed by atoms with Gasteiger partial charge in [-0.25, -0.2) is 0 Å². The molecule has 94 valence electrons. The zero-order valence-electron chi connectivity index (χ0n) is 10.5. The minimum absolute atomic E-state index is 0.334. The van der Waals surface area contributed by atoms with Crippen LogP contribution >= 0.6 is 0 Å². The van der Waals surface area contributed by atoms with Crippen molar-refractivity contribution < 1.29 is 5.11 Å². The minimum Gasteiger partial charge on any atom is -0.396 e. The molecule has 3 nitrogen and oxygen atoms in total. The van der Waals surface area contributed by atoms with Crippen LogP contribution in [0.25, 0.3) is 0 Å². The Hall–Kier alpha value is -0.120. The van der Waals surface area contributed by atoms with Gasteiger partial charge in [0.25, 0.3) is 0 Å². The monoisotopic (exact) mass is 226 g/mol. The average Bonchev–Trinajstić information content (AvgIpc) is 2.25. The summed E-state index contributed by atoms with van der Waals surface area (Å²) in [5.74, 6) is 0. The molecular formula is C13H26N2O. The molecule has 2 aliphatic heterocycles. The molecule has 2 N–H and O–H groups in total. The highest BCUT2D eigenvalue weighted by Crippen LogP contribution is 2.32. The molecule has 2 bridgehead atoms. The summed E-state index contributed by atoms with van der Waals surface area (Å²) in [5, 5.41) is 12.4. The molecule has 0 aromatic carbocycles. The predicted molar refractivity (Wildman–Crippen MR) is 66.5 cm³/mol. The van der Waals surface area contributed by atoms with E-state index in [0.717, 1.165) is 37.5 Å². The molecule has 0 aromatic rings. The van der Waals surface area contributed by atoms with Crippen LogP contribution < -0.4 is 5.32 Å². The molecular weight excluding hydrogens is 200 g/mol. The van der Waals surface area contributed by atoms with E-state index in [1.165, 1.54) is 32.1 Å². The lowest BCUT2D eigenvalue weighted by atomic mass is 9.82. The lowest BCUT2D eigenvalue weighted by molar-refractivity contribution is 0.0485. The summed E-state index contributed by atoms with van der Waals surface area (Å²) in [6.45, 7) is 1.41. The normalized spacial score (nSPS) is 35.2. The first kappa shape index (κ1) is 12.3. The van der Waals surface area contributed by atoms with Gasteiger partial charge in [-0.3, -0.25) is 0 Å². The molecule has 2 rings (SSSR count). The second kappa shape index (κ2) is 5.99. The van der Waals surface area contributed by atoms with Gasteiger partial charge in [0.05, 0.1) is 0 Å². The van der Waals surface area contributed by atoms with Crippen molar-refractivity contribution in [3.63, 3.8) is 0 Å². The van der Waals surface area contributed by atoms with Crippen LogP contribution in [0, 0.1) is 0 Å². The number of hydrogen-bond donors (Lipinski definition) is 2. The number of aliphatic hydroxyl groups excluding tert-OH is 1. The molecule has 0 radical (unpaired) electrons. The second-order valence-electron chi connectivity index (χ2n) is 5.46. The summed E-state index contributed by atoms with van der Waals surface area (Å²) < 4.78 is 0. The Labute approximate surface area is 99.2 Å². The van der Waals surface area contributed by atoms with E-state index in [0.29, 0.717) is 6.61 Å². The third-order valence-corrected chi connectivity index (χ3v) is 4.36. The lowest BCUT2D eigenvalue weighted by Crippen LogP contribution is -2.54. The quantitative estimate of drug-likeness (QED) is 0.695. The molecule has 0 saturated carbocycles. The molecule has 16 heavy (non-hydrogen) atoms. The Bertz CT molecular complexity index is 196. The van der Waals surface area contributed by atoms with E-state index in [9.17, 15) is 0 Å². The van der Waals surface area contributed by atoms with Crippen molar-refractivity contribution in [2.45, 2.75) is 63.1 Å². The van der Waals surface area contributed by atoms with Gasteiger partial charge in [0.15, 0.2) is 0 Å². The molecule has 2 heterocycles. The number of nitrogens with zero attached hydrogens (tertiary/aromatic N) is 1. The third-order valence-electron chi connectivity index (χ3n) is 4.36. The van der Waals surface area contributed by atoms with Crippen LogP contribution in [-0.4, -0.2) is 48.3 Å². The van der Waals surface area contributed by atoms with E-state index in [1.54, 1.807) is 0 Å². The van der Waals surface area contributed by atoms with E-state index >= 15 is 0 Å². The van der Waals surface area contributed by atoms with Gasteiger partial charge in [0, 0.05) is 24.7 Å². The molecule has 2 aliphatic rings. The van der Waals surface area contributed by atoms with Crippen molar-refractivity contribution in [3.05, 3.63) is 0 Å². The number of nitrogens with one attached hydrogen (secondary N) is 1. The van der Waals surface area contributed by atoms with Gasteiger partial charge in [-0.15, -0.1) is 0 Å². The Morgan fingerprint density at radius 1 is 1.19 bits per heavy atom. The number of fused-ring (bicyclic) bond motifs is 2. The maximum atomic E-state index is 8.73. The van der Waals surface area contributed by atoms with Crippen LogP contribution in [0.15, 0.2) is 0 Å². The van der Waals surface area contributed by atoms with Crippen molar-refractivity contribution >= 4 is 0 Å². The Balaban J connectivity index is 1.72. The van der Waals surface area contributed by atoms with Crippen molar-refractivity contribution in [2.75, 3.05) is 20.2 Å². The third kappa shape index (κ3) is 2.96. The molecule has 0 amide bonds. The first-order valence-corrected chi connectivity index (χ1v) is 6.87. The highest BCUT2D eigenvalue weighted by atomic mass is 16.2. The van der Waals surface area contributed by atoms with E-state index in [4.69, 9.17) is 5.11 Å². The van der Waals surface area contributed by atoms with Crippen LogP contribution in [0.1, 0.15) is 44.9 Å². The van der Waals surface area contributed by atoms with Gasteiger partial charge in [0.1, 0.15) is 0 Å². The number of piperidine rings is 2. The van der Waals surface area contributed by atoms with Gasteiger partial charge >= 0.3 is 0 Å². The Morgan fingerprint density at radius 2 is 1.88 bits per heavy atom. The topological polar surface area (TPSA) is 35.5 Å². The zero-order chi connectivity index (χ0) is 11.4. The fourth-order valence-electron chi connectivity index (χ4n) is 3.33. The van der Waals surface area contributed by atoms with E-state index in [1.807, 2.05) is 0 Å². The van der Waals surface area contributed by atoms with Crippen molar-refractivity contribution in [1.82, 2.24) is 10.2 Å². The highest BCUT2D eigenvalue weighted by molar-refractivity contribution is 4.93. The molecule has 0 aliphatic carbocycles. The number of unbranched alkanes of at least 4 members (excludes halogenated alkanes) is 1. The molecule has 0 spiro atoms. The zero-order valence-corrected chi connectivity index (χ0v) is 10.5. The fourth-order valence-corrected chi connectivity index (χ4v) is 3.33. The maximum Gasteiger partial charge on any atom is 0.0431 e. The van der Waals surface area contributed by atoms with Gasteiger partial charge in [-0.05, 0) is 52.1 Å². The van der Waals surface area contributed by atoms with Gasteiger partial charge in [0.2, 0.25) is 0 Å².